The van der Waals surface area contributed by atoms with Crippen LogP contribution in [-0.4, -0.2) is 34.9 Å². The fraction of sp³-hybridized carbons (Fsp3) is 0.375. The largest absolute Gasteiger partial charge is 0.378 e. The van der Waals surface area contributed by atoms with Crippen LogP contribution in [0.25, 0.3) is 11.1 Å². The van der Waals surface area contributed by atoms with Crippen LogP contribution in [0.5, 0.6) is 0 Å². The van der Waals surface area contributed by atoms with Gasteiger partial charge in [0.1, 0.15) is 0 Å². The summed E-state index contributed by atoms with van der Waals surface area (Å²) in [6, 6.07) is 7.90. The van der Waals surface area contributed by atoms with Crippen molar-refractivity contribution in [1.29, 1.82) is 0 Å². The third-order valence-electron chi connectivity index (χ3n) is 4.54. The summed E-state index contributed by atoms with van der Waals surface area (Å²) < 4.78 is 5.58. The Bertz CT molecular complexity index is 653. The van der Waals surface area contributed by atoms with Gasteiger partial charge in [0, 0.05) is 35.9 Å². The molecule has 5 nitrogen and oxygen atoms in total. The SMILES string of the molecule is O=C(N[C@@H]1C[C@H]2OCC[C@@H]12)c1cccc(-c2cn[nH]c2)c1. The average molecular weight is 283 g/mol. The maximum absolute atomic E-state index is 12.4. The van der Waals surface area contributed by atoms with E-state index in [1.807, 2.05) is 30.5 Å². The quantitative estimate of drug-likeness (QED) is 0.905. The van der Waals surface area contributed by atoms with Crippen molar-refractivity contribution in [3.63, 3.8) is 0 Å². The van der Waals surface area contributed by atoms with E-state index in [1.54, 1.807) is 6.20 Å². The molecular formula is C16H17N3O2. The van der Waals surface area contributed by atoms with Gasteiger partial charge < -0.3 is 10.1 Å². The van der Waals surface area contributed by atoms with E-state index in [0.29, 0.717) is 17.6 Å². The Morgan fingerprint density at radius 3 is 3.14 bits per heavy atom. The predicted octanol–water partition coefficient (Wildman–Crippen LogP) is 1.98. The topological polar surface area (TPSA) is 67.0 Å². The monoisotopic (exact) mass is 283 g/mol. The highest BCUT2D eigenvalue weighted by molar-refractivity contribution is 5.95. The molecule has 2 N–H and O–H groups in total. The number of amides is 1. The number of carbonyl (C=O) groups excluding carboxylic acids is 1. The number of nitrogens with zero attached hydrogens (tertiary/aromatic N) is 1. The van der Waals surface area contributed by atoms with Gasteiger partial charge in [-0.25, -0.2) is 0 Å². The lowest BCUT2D eigenvalue weighted by Crippen LogP contribution is -2.53. The molecule has 1 aromatic carbocycles. The van der Waals surface area contributed by atoms with Gasteiger partial charge in [-0.15, -0.1) is 0 Å². The van der Waals surface area contributed by atoms with E-state index in [2.05, 4.69) is 15.5 Å². The number of aromatic amines is 1. The molecule has 0 bridgehead atoms. The Balaban J connectivity index is 1.48. The maximum atomic E-state index is 12.4. The fourth-order valence-electron chi connectivity index (χ4n) is 3.26. The number of fused-ring (bicyclic) bond motifs is 1. The second kappa shape index (κ2) is 5.00. The molecule has 3 atom stereocenters. The average Bonchev–Trinajstić information content (AvgIpc) is 3.14. The van der Waals surface area contributed by atoms with Gasteiger partial charge in [0.2, 0.25) is 0 Å². The molecular weight excluding hydrogens is 266 g/mol. The van der Waals surface area contributed by atoms with Crippen molar-refractivity contribution in [2.75, 3.05) is 6.61 Å². The molecule has 1 saturated heterocycles. The summed E-state index contributed by atoms with van der Waals surface area (Å²) >= 11 is 0. The smallest absolute Gasteiger partial charge is 0.251 e. The van der Waals surface area contributed by atoms with Gasteiger partial charge in [-0.3, -0.25) is 9.89 Å². The summed E-state index contributed by atoms with van der Waals surface area (Å²) in [6.45, 7) is 0.831. The summed E-state index contributed by atoms with van der Waals surface area (Å²) in [5.74, 6) is 0.502. The zero-order valence-electron chi connectivity index (χ0n) is 11.6. The van der Waals surface area contributed by atoms with E-state index in [4.69, 9.17) is 4.74 Å². The van der Waals surface area contributed by atoms with Crippen molar-refractivity contribution in [2.24, 2.45) is 5.92 Å². The third kappa shape index (κ3) is 2.23. The minimum Gasteiger partial charge on any atom is -0.378 e. The molecule has 0 spiro atoms. The maximum Gasteiger partial charge on any atom is 0.251 e. The number of ether oxygens (including phenoxy) is 1. The van der Waals surface area contributed by atoms with E-state index < -0.39 is 0 Å². The number of aromatic nitrogens is 2. The molecule has 2 heterocycles. The van der Waals surface area contributed by atoms with Crippen molar-refractivity contribution in [2.45, 2.75) is 25.0 Å². The van der Waals surface area contributed by atoms with E-state index >= 15 is 0 Å². The first-order valence-corrected chi connectivity index (χ1v) is 7.33. The van der Waals surface area contributed by atoms with Crippen molar-refractivity contribution < 1.29 is 9.53 Å². The number of hydrogen-bond donors (Lipinski definition) is 2. The number of hydrogen-bond acceptors (Lipinski definition) is 3. The first kappa shape index (κ1) is 12.6. The first-order valence-electron chi connectivity index (χ1n) is 7.33. The molecule has 0 unspecified atom stereocenters. The minimum absolute atomic E-state index is 0.00399. The molecule has 5 heteroatoms. The molecule has 4 rings (SSSR count). The van der Waals surface area contributed by atoms with Crippen molar-refractivity contribution in [3.05, 3.63) is 42.2 Å². The number of rotatable bonds is 3. The lowest BCUT2D eigenvalue weighted by Gasteiger charge is -2.39. The number of carbonyl (C=O) groups is 1. The highest BCUT2D eigenvalue weighted by Gasteiger charge is 2.45. The van der Waals surface area contributed by atoms with Gasteiger partial charge in [-0.05, 0) is 30.5 Å². The van der Waals surface area contributed by atoms with Crippen LogP contribution in [-0.2, 0) is 4.74 Å². The highest BCUT2D eigenvalue weighted by atomic mass is 16.5. The van der Waals surface area contributed by atoms with Gasteiger partial charge in [-0.1, -0.05) is 12.1 Å². The van der Waals surface area contributed by atoms with Crippen LogP contribution in [0.15, 0.2) is 36.7 Å². The molecule has 21 heavy (non-hydrogen) atoms. The summed E-state index contributed by atoms with van der Waals surface area (Å²) in [4.78, 5) is 12.4. The second-order valence-electron chi connectivity index (χ2n) is 5.75. The molecule has 1 aliphatic heterocycles. The van der Waals surface area contributed by atoms with Crippen LogP contribution in [0.2, 0.25) is 0 Å². The van der Waals surface area contributed by atoms with Crippen molar-refractivity contribution in [3.8, 4) is 11.1 Å². The Hall–Kier alpha value is -2.14. The predicted molar refractivity (Wildman–Crippen MR) is 77.7 cm³/mol. The molecule has 2 fully saturated rings. The molecule has 1 saturated carbocycles. The lowest BCUT2D eigenvalue weighted by molar-refractivity contribution is 0.00810. The summed E-state index contributed by atoms with van der Waals surface area (Å²) in [5, 5.41) is 9.86. The third-order valence-corrected chi connectivity index (χ3v) is 4.54. The molecule has 1 amide bonds. The van der Waals surface area contributed by atoms with E-state index in [9.17, 15) is 4.79 Å². The standard InChI is InChI=1S/C16H17N3O2/c20-16(19-14-7-15-13(14)4-5-21-15)11-3-1-2-10(6-11)12-8-17-18-9-12/h1-3,6,8-9,13-15H,4-5,7H2,(H,17,18)(H,19,20)/t13-,14+,15+/m0/s1. The van der Waals surface area contributed by atoms with Crippen molar-refractivity contribution in [1.82, 2.24) is 15.5 Å². The van der Waals surface area contributed by atoms with Crippen LogP contribution >= 0.6 is 0 Å². The van der Waals surface area contributed by atoms with Gasteiger partial charge in [-0.2, -0.15) is 5.10 Å². The van der Waals surface area contributed by atoms with E-state index in [-0.39, 0.29) is 11.9 Å². The summed E-state index contributed by atoms with van der Waals surface area (Å²) in [7, 11) is 0. The molecule has 108 valence electrons. The molecule has 1 aliphatic carbocycles. The lowest BCUT2D eigenvalue weighted by atomic mass is 9.76. The molecule has 0 radical (unpaired) electrons. The molecule has 2 aliphatic rings. The van der Waals surface area contributed by atoms with E-state index in [1.165, 1.54) is 0 Å². The van der Waals surface area contributed by atoms with Crippen molar-refractivity contribution >= 4 is 5.91 Å². The fourth-order valence-corrected chi connectivity index (χ4v) is 3.26. The first-order chi connectivity index (χ1) is 10.3. The van der Waals surface area contributed by atoms with Crippen LogP contribution in [0, 0.1) is 5.92 Å². The van der Waals surface area contributed by atoms with Crippen LogP contribution in [0.3, 0.4) is 0 Å². The van der Waals surface area contributed by atoms with E-state index in [0.717, 1.165) is 30.6 Å². The van der Waals surface area contributed by atoms with Gasteiger partial charge in [0.05, 0.1) is 12.3 Å². The minimum atomic E-state index is -0.00399. The Kier molecular flexibility index (Phi) is 3.00. The van der Waals surface area contributed by atoms with Crippen LogP contribution in [0.1, 0.15) is 23.2 Å². The number of nitrogens with one attached hydrogen (secondary N) is 2. The summed E-state index contributed by atoms with van der Waals surface area (Å²) in [5.41, 5.74) is 2.67. The molecule has 2 aromatic rings. The number of H-pyrrole nitrogens is 1. The van der Waals surface area contributed by atoms with Gasteiger partial charge >= 0.3 is 0 Å². The second-order valence-corrected chi connectivity index (χ2v) is 5.75. The highest BCUT2D eigenvalue weighted by Crippen LogP contribution is 2.38. The zero-order valence-corrected chi connectivity index (χ0v) is 11.6. The normalized spacial score (nSPS) is 27.0. The number of benzene rings is 1. The Morgan fingerprint density at radius 2 is 2.33 bits per heavy atom. The molecule has 1 aromatic heterocycles. The Labute approximate surface area is 122 Å². The summed E-state index contributed by atoms with van der Waals surface area (Å²) in [6.07, 6.45) is 5.95. The van der Waals surface area contributed by atoms with Gasteiger partial charge in [0.15, 0.2) is 0 Å². The Morgan fingerprint density at radius 1 is 1.38 bits per heavy atom. The van der Waals surface area contributed by atoms with Crippen LogP contribution < -0.4 is 5.32 Å². The zero-order chi connectivity index (χ0) is 14.2. The van der Waals surface area contributed by atoms with Crippen LogP contribution in [0.4, 0.5) is 0 Å². The van der Waals surface area contributed by atoms with Gasteiger partial charge in [0.25, 0.3) is 5.91 Å².